The number of ether oxygens (including phenoxy) is 1. The van der Waals surface area contributed by atoms with Crippen molar-refractivity contribution in [2.45, 2.75) is 13.3 Å². The van der Waals surface area contributed by atoms with Crippen LogP contribution in [0.1, 0.15) is 13.3 Å². The number of hydrogen-bond donors (Lipinski definition) is 1. The molecule has 1 fully saturated rings. The zero-order valence-corrected chi connectivity index (χ0v) is 8.76. The molecule has 76 valence electrons. The molecule has 1 aromatic rings. The fraction of sp³-hybridized carbons (Fsp3) is 0.556. The van der Waals surface area contributed by atoms with Crippen LogP contribution in [0, 0.1) is 5.41 Å². The van der Waals surface area contributed by atoms with Crippen LogP contribution in [0.2, 0.25) is 0 Å². The van der Waals surface area contributed by atoms with Crippen molar-refractivity contribution in [3.8, 4) is 0 Å². The summed E-state index contributed by atoms with van der Waals surface area (Å²) in [5, 5.41) is 5.30. The molecule has 14 heavy (non-hydrogen) atoms. The molecule has 0 aromatic carbocycles. The first-order valence-electron chi connectivity index (χ1n) is 4.55. The number of nitrogens with one attached hydrogen (secondary N) is 1. The number of aromatic nitrogens is 1. The summed E-state index contributed by atoms with van der Waals surface area (Å²) < 4.78 is 5.09. The predicted molar refractivity (Wildman–Crippen MR) is 54.3 cm³/mol. The zero-order valence-electron chi connectivity index (χ0n) is 7.95. The summed E-state index contributed by atoms with van der Waals surface area (Å²) in [4.78, 5) is 15.8. The first-order chi connectivity index (χ1) is 6.77. The number of hydrogen-bond acceptors (Lipinski definition) is 4. The van der Waals surface area contributed by atoms with Gasteiger partial charge in [0.2, 0.25) is 5.91 Å². The highest BCUT2D eigenvalue weighted by Gasteiger charge is 2.44. The van der Waals surface area contributed by atoms with E-state index in [9.17, 15) is 4.79 Å². The molecule has 1 amide bonds. The van der Waals surface area contributed by atoms with E-state index in [0.717, 1.165) is 6.42 Å². The number of carbonyl (C=O) groups is 1. The lowest BCUT2D eigenvalue weighted by atomic mass is 9.82. The second kappa shape index (κ2) is 3.67. The fourth-order valence-corrected chi connectivity index (χ4v) is 1.88. The summed E-state index contributed by atoms with van der Waals surface area (Å²) in [6.45, 7) is 3.06. The molecular formula is C9H12N2O2S. The van der Waals surface area contributed by atoms with Crippen LogP contribution in [0.5, 0.6) is 0 Å². The Bertz CT molecular complexity index is 314. The van der Waals surface area contributed by atoms with Crippen LogP contribution in [0.25, 0.3) is 0 Å². The molecule has 0 radical (unpaired) electrons. The molecule has 0 aliphatic carbocycles. The topological polar surface area (TPSA) is 51.2 Å². The number of nitrogens with zero attached hydrogens (tertiary/aromatic N) is 1. The minimum Gasteiger partial charge on any atom is -0.379 e. The normalized spacial score (nSPS) is 18.6. The van der Waals surface area contributed by atoms with Gasteiger partial charge in [-0.3, -0.25) is 4.79 Å². The fourth-order valence-electron chi connectivity index (χ4n) is 1.36. The van der Waals surface area contributed by atoms with E-state index in [-0.39, 0.29) is 11.3 Å². The van der Waals surface area contributed by atoms with Crippen molar-refractivity contribution in [1.82, 2.24) is 4.98 Å². The molecule has 1 aromatic heterocycles. The predicted octanol–water partition coefficient (Wildman–Crippen LogP) is 1.51. The second-order valence-corrected chi connectivity index (χ2v) is 4.31. The van der Waals surface area contributed by atoms with Gasteiger partial charge in [-0.1, -0.05) is 6.92 Å². The molecular weight excluding hydrogens is 200 g/mol. The van der Waals surface area contributed by atoms with Crippen LogP contribution >= 0.6 is 11.3 Å². The van der Waals surface area contributed by atoms with E-state index in [1.54, 1.807) is 6.20 Å². The molecule has 0 spiro atoms. The molecule has 0 atom stereocenters. The van der Waals surface area contributed by atoms with E-state index in [1.165, 1.54) is 11.3 Å². The highest BCUT2D eigenvalue weighted by Crippen LogP contribution is 2.32. The largest absolute Gasteiger partial charge is 0.379 e. The molecule has 5 heteroatoms. The van der Waals surface area contributed by atoms with Crippen LogP contribution in [-0.4, -0.2) is 24.1 Å². The van der Waals surface area contributed by atoms with Crippen molar-refractivity contribution < 1.29 is 9.53 Å². The molecule has 1 N–H and O–H groups in total. The number of rotatable bonds is 3. The lowest BCUT2D eigenvalue weighted by molar-refractivity contribution is -0.156. The Balaban J connectivity index is 2.01. The summed E-state index contributed by atoms with van der Waals surface area (Å²) in [6, 6.07) is 0. The Kier molecular flexibility index (Phi) is 2.52. The summed E-state index contributed by atoms with van der Waals surface area (Å²) in [7, 11) is 0. The van der Waals surface area contributed by atoms with Gasteiger partial charge in [0.25, 0.3) is 0 Å². The maximum Gasteiger partial charge on any atom is 0.237 e. The maximum absolute atomic E-state index is 11.8. The van der Waals surface area contributed by atoms with Gasteiger partial charge in [0.05, 0.1) is 18.6 Å². The van der Waals surface area contributed by atoms with Crippen molar-refractivity contribution in [3.05, 3.63) is 11.6 Å². The van der Waals surface area contributed by atoms with Crippen molar-refractivity contribution in [1.29, 1.82) is 0 Å². The van der Waals surface area contributed by atoms with Crippen molar-refractivity contribution >= 4 is 22.4 Å². The third-order valence-electron chi connectivity index (χ3n) is 2.57. The number of anilines is 1. The molecule has 4 nitrogen and oxygen atoms in total. The van der Waals surface area contributed by atoms with E-state index >= 15 is 0 Å². The van der Waals surface area contributed by atoms with Gasteiger partial charge >= 0.3 is 0 Å². The van der Waals surface area contributed by atoms with Crippen LogP contribution < -0.4 is 5.32 Å². The van der Waals surface area contributed by atoms with Gasteiger partial charge in [-0.05, 0) is 6.42 Å². The third kappa shape index (κ3) is 1.53. The number of thiazole rings is 1. The lowest BCUT2D eigenvalue weighted by Crippen LogP contribution is -2.51. The van der Waals surface area contributed by atoms with Gasteiger partial charge in [0.15, 0.2) is 5.13 Å². The van der Waals surface area contributed by atoms with Gasteiger partial charge in [-0.2, -0.15) is 0 Å². The maximum atomic E-state index is 11.8. The molecule has 1 aliphatic rings. The quantitative estimate of drug-likeness (QED) is 0.826. The summed E-state index contributed by atoms with van der Waals surface area (Å²) >= 11 is 1.43. The Morgan fingerprint density at radius 2 is 2.57 bits per heavy atom. The van der Waals surface area contributed by atoms with E-state index < -0.39 is 0 Å². The van der Waals surface area contributed by atoms with Gasteiger partial charge in [-0.25, -0.2) is 4.98 Å². The molecule has 0 bridgehead atoms. The van der Waals surface area contributed by atoms with Crippen LogP contribution in [0.3, 0.4) is 0 Å². The van der Waals surface area contributed by atoms with Crippen LogP contribution in [-0.2, 0) is 9.53 Å². The summed E-state index contributed by atoms with van der Waals surface area (Å²) in [5.41, 5.74) is -0.314. The van der Waals surface area contributed by atoms with Crippen molar-refractivity contribution in [3.63, 3.8) is 0 Å². The first-order valence-corrected chi connectivity index (χ1v) is 5.43. The Hall–Kier alpha value is -0.940. The van der Waals surface area contributed by atoms with Gasteiger partial charge < -0.3 is 10.1 Å². The standard InChI is InChI=1S/C9H12N2O2S/c1-2-9(5-13-6-9)7(12)11-8-10-3-4-14-8/h3-4H,2,5-6H2,1H3,(H,10,11,12). The SMILES string of the molecule is CCC1(C(=O)Nc2nccs2)COC1. The number of amides is 1. The van der Waals surface area contributed by atoms with Crippen molar-refractivity contribution in [2.75, 3.05) is 18.5 Å². The van der Waals surface area contributed by atoms with Gasteiger partial charge in [-0.15, -0.1) is 11.3 Å². The van der Waals surface area contributed by atoms with E-state index in [0.29, 0.717) is 18.3 Å². The third-order valence-corrected chi connectivity index (χ3v) is 3.26. The Morgan fingerprint density at radius 1 is 1.79 bits per heavy atom. The first kappa shape index (κ1) is 9.61. The van der Waals surface area contributed by atoms with Gasteiger partial charge in [0.1, 0.15) is 0 Å². The Labute approximate surface area is 86.3 Å². The van der Waals surface area contributed by atoms with Crippen molar-refractivity contribution in [2.24, 2.45) is 5.41 Å². The smallest absolute Gasteiger partial charge is 0.237 e. The van der Waals surface area contributed by atoms with E-state index in [2.05, 4.69) is 10.3 Å². The molecule has 0 unspecified atom stereocenters. The average molecular weight is 212 g/mol. The summed E-state index contributed by atoms with van der Waals surface area (Å²) in [5.74, 6) is 0.0289. The minimum absolute atomic E-state index is 0.0289. The molecule has 2 rings (SSSR count). The highest BCUT2D eigenvalue weighted by molar-refractivity contribution is 7.13. The van der Waals surface area contributed by atoms with E-state index in [4.69, 9.17) is 4.74 Å². The minimum atomic E-state index is -0.314. The summed E-state index contributed by atoms with van der Waals surface area (Å²) in [6.07, 6.45) is 2.49. The monoisotopic (exact) mass is 212 g/mol. The lowest BCUT2D eigenvalue weighted by Gasteiger charge is -2.38. The molecule has 0 saturated carbocycles. The highest BCUT2D eigenvalue weighted by atomic mass is 32.1. The van der Waals surface area contributed by atoms with Crippen LogP contribution in [0.15, 0.2) is 11.6 Å². The van der Waals surface area contributed by atoms with Crippen LogP contribution in [0.4, 0.5) is 5.13 Å². The molecule has 1 aliphatic heterocycles. The van der Waals surface area contributed by atoms with E-state index in [1.807, 2.05) is 12.3 Å². The second-order valence-electron chi connectivity index (χ2n) is 3.42. The average Bonchev–Trinajstić information content (AvgIpc) is 2.55. The molecule has 1 saturated heterocycles. The Morgan fingerprint density at radius 3 is 3.00 bits per heavy atom. The zero-order chi connectivity index (χ0) is 10.0. The van der Waals surface area contributed by atoms with Gasteiger partial charge in [0, 0.05) is 11.6 Å². The number of carbonyl (C=O) groups excluding carboxylic acids is 1. The molecule has 2 heterocycles.